The van der Waals surface area contributed by atoms with Gasteiger partial charge in [-0.15, -0.1) is 11.6 Å². The highest BCUT2D eigenvalue weighted by atomic mass is 35.5. The van der Waals surface area contributed by atoms with Crippen LogP contribution in [0.25, 0.3) is 16.7 Å². The first-order valence-corrected chi connectivity index (χ1v) is 7.57. The zero-order chi connectivity index (χ0) is 15.0. The van der Waals surface area contributed by atoms with Gasteiger partial charge < -0.3 is 0 Å². The summed E-state index contributed by atoms with van der Waals surface area (Å²) in [4.78, 5) is 4.50. The molecule has 0 bridgehead atoms. The van der Waals surface area contributed by atoms with Crippen molar-refractivity contribution in [2.45, 2.75) is 6.42 Å². The molecule has 1 aromatic heterocycles. The van der Waals surface area contributed by atoms with Gasteiger partial charge in [-0.1, -0.05) is 23.2 Å². The Hall–Kier alpha value is -1.29. The summed E-state index contributed by atoms with van der Waals surface area (Å²) in [5.41, 5.74) is 1.86. The molecule has 1 heterocycles. The maximum absolute atomic E-state index is 14.3. The highest BCUT2D eigenvalue weighted by Crippen LogP contribution is 2.27. The number of nitrogens with zero attached hydrogens (tertiary/aromatic N) is 2. The van der Waals surface area contributed by atoms with Crippen LogP contribution in [0.15, 0.2) is 36.4 Å². The van der Waals surface area contributed by atoms with E-state index in [1.165, 1.54) is 6.07 Å². The van der Waals surface area contributed by atoms with Gasteiger partial charge in [-0.2, -0.15) is 0 Å². The number of halogens is 4. The van der Waals surface area contributed by atoms with Gasteiger partial charge in [0.1, 0.15) is 11.6 Å². The van der Waals surface area contributed by atoms with Crippen LogP contribution in [0.4, 0.5) is 4.39 Å². The van der Waals surface area contributed by atoms with Crippen LogP contribution < -0.4 is 0 Å². The molecule has 0 N–H and O–H groups in total. The molecule has 2 aromatic carbocycles. The van der Waals surface area contributed by atoms with Gasteiger partial charge in [0, 0.05) is 22.3 Å². The number of hydrogen-bond acceptors (Lipinski definition) is 1. The van der Waals surface area contributed by atoms with E-state index in [0.29, 0.717) is 33.9 Å². The largest absolute Gasteiger partial charge is 0.293 e. The van der Waals surface area contributed by atoms with Crippen molar-refractivity contribution in [2.75, 3.05) is 5.88 Å². The number of aryl methyl sites for hydroxylation is 1. The lowest BCUT2D eigenvalue weighted by molar-refractivity contribution is 0.617. The summed E-state index contributed by atoms with van der Waals surface area (Å²) < 4.78 is 16.0. The molecule has 0 saturated heterocycles. The van der Waals surface area contributed by atoms with Crippen molar-refractivity contribution in [3.8, 4) is 5.69 Å². The zero-order valence-electron chi connectivity index (χ0n) is 10.8. The summed E-state index contributed by atoms with van der Waals surface area (Å²) in [6, 6.07) is 9.86. The summed E-state index contributed by atoms with van der Waals surface area (Å²) in [6.45, 7) is 0. The monoisotopic (exact) mass is 342 g/mol. The Morgan fingerprint density at radius 2 is 1.76 bits per heavy atom. The van der Waals surface area contributed by atoms with E-state index in [2.05, 4.69) is 4.98 Å². The Balaban J connectivity index is 2.32. The number of benzene rings is 2. The number of aromatic nitrogens is 2. The van der Waals surface area contributed by atoms with E-state index in [-0.39, 0.29) is 0 Å². The van der Waals surface area contributed by atoms with Crippen LogP contribution in [0.5, 0.6) is 0 Å². The Labute approximate surface area is 136 Å². The van der Waals surface area contributed by atoms with Crippen molar-refractivity contribution in [1.82, 2.24) is 9.55 Å². The van der Waals surface area contributed by atoms with E-state index < -0.39 is 5.82 Å². The van der Waals surface area contributed by atoms with Crippen LogP contribution in [-0.2, 0) is 6.42 Å². The van der Waals surface area contributed by atoms with E-state index in [4.69, 9.17) is 34.8 Å². The molecule has 0 aliphatic heterocycles. The maximum atomic E-state index is 14.3. The molecule has 3 aromatic rings. The first-order chi connectivity index (χ1) is 10.1. The van der Waals surface area contributed by atoms with Crippen LogP contribution in [0, 0.1) is 5.82 Å². The van der Waals surface area contributed by atoms with Crippen molar-refractivity contribution in [2.24, 2.45) is 0 Å². The molecule has 0 amide bonds. The fourth-order valence-electron chi connectivity index (χ4n) is 2.28. The van der Waals surface area contributed by atoms with Gasteiger partial charge in [-0.3, -0.25) is 4.57 Å². The van der Waals surface area contributed by atoms with Gasteiger partial charge in [0.05, 0.1) is 16.7 Å². The second-order valence-corrected chi connectivity index (χ2v) is 5.78. The Morgan fingerprint density at radius 3 is 2.48 bits per heavy atom. The zero-order valence-corrected chi connectivity index (χ0v) is 13.1. The number of rotatable bonds is 3. The lowest BCUT2D eigenvalue weighted by Crippen LogP contribution is -2.04. The summed E-state index contributed by atoms with van der Waals surface area (Å²) in [5.74, 6) is 0.660. The molecule has 2 nitrogen and oxygen atoms in total. The molecular weight excluding hydrogens is 334 g/mol. The fraction of sp³-hybridized carbons (Fsp3) is 0.133. The van der Waals surface area contributed by atoms with Crippen LogP contribution in [0.3, 0.4) is 0 Å². The minimum atomic E-state index is -0.419. The second kappa shape index (κ2) is 5.84. The molecule has 6 heteroatoms. The SMILES string of the molecule is Fc1cc(Cl)ccc1-n1c(CCCl)nc2ccc(Cl)cc21. The molecular formula is C15H10Cl3FN2. The molecule has 21 heavy (non-hydrogen) atoms. The van der Waals surface area contributed by atoms with Gasteiger partial charge >= 0.3 is 0 Å². The van der Waals surface area contributed by atoms with Crippen LogP contribution >= 0.6 is 34.8 Å². The topological polar surface area (TPSA) is 17.8 Å². The van der Waals surface area contributed by atoms with Crippen molar-refractivity contribution >= 4 is 45.8 Å². The molecule has 0 unspecified atom stereocenters. The lowest BCUT2D eigenvalue weighted by atomic mass is 10.2. The van der Waals surface area contributed by atoms with E-state index in [1.54, 1.807) is 34.9 Å². The van der Waals surface area contributed by atoms with E-state index in [0.717, 1.165) is 11.0 Å². The van der Waals surface area contributed by atoms with Crippen LogP contribution in [-0.4, -0.2) is 15.4 Å². The average Bonchev–Trinajstić information content (AvgIpc) is 2.77. The smallest absolute Gasteiger partial charge is 0.148 e. The Morgan fingerprint density at radius 1 is 1.05 bits per heavy atom. The number of fused-ring (bicyclic) bond motifs is 1. The Bertz CT molecular complexity index is 814. The van der Waals surface area contributed by atoms with Crippen molar-refractivity contribution in [3.05, 3.63) is 58.1 Å². The van der Waals surface area contributed by atoms with Gasteiger partial charge in [0.25, 0.3) is 0 Å². The van der Waals surface area contributed by atoms with Crippen molar-refractivity contribution < 1.29 is 4.39 Å². The molecule has 0 spiro atoms. The average molecular weight is 344 g/mol. The molecule has 0 radical (unpaired) electrons. The number of alkyl halides is 1. The molecule has 0 aliphatic rings. The minimum Gasteiger partial charge on any atom is -0.293 e. The van der Waals surface area contributed by atoms with E-state index in [1.807, 2.05) is 0 Å². The minimum absolute atomic E-state index is 0.345. The van der Waals surface area contributed by atoms with Crippen molar-refractivity contribution in [1.29, 1.82) is 0 Å². The normalized spacial score (nSPS) is 11.2. The van der Waals surface area contributed by atoms with Crippen molar-refractivity contribution in [3.63, 3.8) is 0 Å². The first-order valence-electron chi connectivity index (χ1n) is 6.28. The first kappa shape index (κ1) is 14.6. The third kappa shape index (κ3) is 2.73. The third-order valence-corrected chi connectivity index (χ3v) is 3.81. The molecule has 108 valence electrons. The lowest BCUT2D eigenvalue weighted by Gasteiger charge is -2.10. The summed E-state index contributed by atoms with van der Waals surface area (Å²) in [5, 5.41) is 0.910. The summed E-state index contributed by atoms with van der Waals surface area (Å²) in [7, 11) is 0. The fourth-order valence-corrected chi connectivity index (χ4v) is 2.78. The highest BCUT2D eigenvalue weighted by molar-refractivity contribution is 6.31. The van der Waals surface area contributed by atoms with E-state index in [9.17, 15) is 4.39 Å². The molecule has 0 saturated carbocycles. The third-order valence-electron chi connectivity index (χ3n) is 3.15. The standard InChI is InChI=1S/C15H10Cl3FN2/c16-6-5-15-20-12-3-1-10(18)8-14(12)21(15)13-4-2-9(17)7-11(13)19/h1-4,7-8H,5-6H2. The molecule has 0 atom stereocenters. The van der Waals surface area contributed by atoms with Crippen LogP contribution in [0.1, 0.15) is 5.82 Å². The molecule has 0 fully saturated rings. The highest BCUT2D eigenvalue weighted by Gasteiger charge is 2.15. The number of imidazole rings is 1. The summed E-state index contributed by atoms with van der Waals surface area (Å²) >= 11 is 17.7. The van der Waals surface area contributed by atoms with Gasteiger partial charge in [-0.05, 0) is 36.4 Å². The van der Waals surface area contributed by atoms with Gasteiger partial charge in [0.15, 0.2) is 0 Å². The Kier molecular flexibility index (Phi) is 4.07. The predicted molar refractivity (Wildman–Crippen MR) is 85.5 cm³/mol. The van der Waals surface area contributed by atoms with Gasteiger partial charge in [-0.25, -0.2) is 9.37 Å². The maximum Gasteiger partial charge on any atom is 0.148 e. The number of hydrogen-bond donors (Lipinski definition) is 0. The predicted octanol–water partition coefficient (Wildman–Crippen LogP) is 5.25. The second-order valence-electron chi connectivity index (χ2n) is 4.53. The molecule has 3 rings (SSSR count). The summed E-state index contributed by atoms with van der Waals surface area (Å²) in [6.07, 6.45) is 0.524. The van der Waals surface area contributed by atoms with Crippen LogP contribution in [0.2, 0.25) is 10.0 Å². The van der Waals surface area contributed by atoms with E-state index >= 15 is 0 Å². The van der Waals surface area contributed by atoms with Gasteiger partial charge in [0.2, 0.25) is 0 Å². The molecule has 0 aliphatic carbocycles. The quantitative estimate of drug-likeness (QED) is 0.594.